The Hall–Kier alpha value is -3.43. The van der Waals surface area contributed by atoms with Crippen LogP contribution >= 0.6 is 9.47 Å². The lowest BCUT2D eigenvalue weighted by molar-refractivity contribution is -0.328. The largest absolute Gasteiger partial charge is 0.387 e. The summed E-state index contributed by atoms with van der Waals surface area (Å²) in [5.41, 5.74) is 11.2. The molecule has 0 saturated carbocycles. The first-order chi connectivity index (χ1) is 19.6. The Kier molecular flexibility index (Phi) is 8.38. The highest BCUT2D eigenvalue weighted by molar-refractivity contribution is 7.09. The van der Waals surface area contributed by atoms with Gasteiger partial charge in [-0.1, -0.05) is 0 Å². The third kappa shape index (κ3) is 5.45. The Morgan fingerprint density at radius 2 is 1.90 bits per heavy atom. The maximum atomic E-state index is 12.1. The average Bonchev–Trinajstić information content (AvgIpc) is 3.65. The van der Waals surface area contributed by atoms with E-state index in [1.807, 2.05) is 0 Å². The standard InChI is InChI=1S/C20H27N10O10P/c1-36-10-9(31)6(38-17(10)30-5-25-7-12(21)23-3-24-13(7)30)2-37-20(35)39-11(18(34)40-41)16(33)29-4-26-8-14(29)27-19(22)28-15(8)32/h3-6,9-11,16-18,20,31,33-35H,2,41H2,1H3,(H2,21,23,24)(H3,22,27,28,32). The number of rotatable bonds is 11. The van der Waals surface area contributed by atoms with Gasteiger partial charge < -0.3 is 55.4 Å². The fourth-order valence-electron chi connectivity index (χ4n) is 4.40. The molecule has 0 aliphatic carbocycles. The van der Waals surface area contributed by atoms with Crippen LogP contribution in [0.4, 0.5) is 11.8 Å². The molecule has 20 nitrogen and oxygen atoms in total. The molecule has 1 aliphatic heterocycles. The number of methoxy groups -OCH3 is 1. The molecule has 0 radical (unpaired) electrons. The monoisotopic (exact) mass is 598 g/mol. The maximum absolute atomic E-state index is 12.1. The summed E-state index contributed by atoms with van der Waals surface area (Å²) in [7, 11) is 3.16. The number of aromatic nitrogens is 8. The normalized spacial score (nSPS) is 24.1. The number of nitrogens with zero attached hydrogens (tertiary/aromatic N) is 7. The summed E-state index contributed by atoms with van der Waals surface area (Å²) in [6, 6.07) is 0. The minimum atomic E-state index is -2.07. The van der Waals surface area contributed by atoms with Crippen LogP contribution in [0.15, 0.2) is 23.8 Å². The van der Waals surface area contributed by atoms with Crippen molar-refractivity contribution in [2.75, 3.05) is 25.2 Å². The van der Waals surface area contributed by atoms with Crippen LogP contribution in [-0.2, 0) is 23.5 Å². The molecule has 0 amide bonds. The molecule has 9 N–H and O–H groups in total. The molecule has 5 heterocycles. The molecule has 21 heteroatoms. The van der Waals surface area contributed by atoms with Crippen molar-refractivity contribution in [3.63, 3.8) is 0 Å². The zero-order valence-corrected chi connectivity index (χ0v) is 22.3. The van der Waals surface area contributed by atoms with Gasteiger partial charge in [0.2, 0.25) is 5.95 Å². The van der Waals surface area contributed by atoms with Gasteiger partial charge >= 0.3 is 0 Å². The van der Waals surface area contributed by atoms with Crippen LogP contribution in [0.3, 0.4) is 0 Å². The molecule has 9 atom stereocenters. The van der Waals surface area contributed by atoms with E-state index in [-0.39, 0.29) is 22.9 Å². The van der Waals surface area contributed by atoms with Gasteiger partial charge in [-0.25, -0.2) is 19.9 Å². The fraction of sp³-hybridized carbons (Fsp3) is 0.500. The van der Waals surface area contributed by atoms with Gasteiger partial charge in [-0.2, -0.15) is 4.98 Å². The van der Waals surface area contributed by atoms with Gasteiger partial charge in [-0.3, -0.25) is 18.9 Å². The molecular formula is C20H27N10O10P. The molecule has 0 spiro atoms. The Morgan fingerprint density at radius 1 is 1.15 bits per heavy atom. The molecule has 41 heavy (non-hydrogen) atoms. The number of ether oxygens (including phenoxy) is 4. The molecular weight excluding hydrogens is 571 g/mol. The van der Waals surface area contributed by atoms with Gasteiger partial charge in [0.05, 0.1) is 19.3 Å². The Labute approximate surface area is 231 Å². The van der Waals surface area contributed by atoms with Crippen LogP contribution in [-0.4, -0.2) is 110 Å². The van der Waals surface area contributed by atoms with Gasteiger partial charge in [-0.15, -0.1) is 0 Å². The number of aliphatic hydroxyl groups excluding tert-OH is 4. The van der Waals surface area contributed by atoms with Gasteiger partial charge in [0, 0.05) is 16.6 Å². The number of anilines is 2. The summed E-state index contributed by atoms with van der Waals surface area (Å²) >= 11 is 0. The molecule has 0 bridgehead atoms. The zero-order chi connectivity index (χ0) is 29.4. The van der Waals surface area contributed by atoms with Crippen LogP contribution in [0.25, 0.3) is 22.3 Å². The number of fused-ring (bicyclic) bond motifs is 2. The number of hydrogen-bond acceptors (Lipinski definition) is 17. The first-order valence-electron chi connectivity index (χ1n) is 11.8. The number of nitrogens with two attached hydrogens (primary N) is 2. The van der Waals surface area contributed by atoms with E-state index in [1.165, 1.54) is 24.3 Å². The third-order valence-corrected chi connectivity index (χ3v) is 6.65. The minimum Gasteiger partial charge on any atom is -0.387 e. The van der Waals surface area contributed by atoms with Crippen LogP contribution in [0.1, 0.15) is 12.5 Å². The van der Waals surface area contributed by atoms with Crippen molar-refractivity contribution in [3.05, 3.63) is 29.3 Å². The van der Waals surface area contributed by atoms with Crippen LogP contribution in [0.2, 0.25) is 0 Å². The number of aromatic amines is 1. The number of aliphatic hydroxyl groups is 4. The summed E-state index contributed by atoms with van der Waals surface area (Å²) in [4.78, 5) is 34.4. The second-order valence-electron chi connectivity index (χ2n) is 8.80. The van der Waals surface area contributed by atoms with Crippen LogP contribution < -0.4 is 17.0 Å². The SMILES string of the molecule is COC1C(O)C(COC(O)OC(C(O)OP)C(O)n2cnc3c(=O)[nH]c(N)nc32)OC1n1cnc2c(N)ncnc21. The molecule has 1 saturated heterocycles. The summed E-state index contributed by atoms with van der Waals surface area (Å²) in [5, 5.41) is 42.5. The van der Waals surface area contributed by atoms with Gasteiger partial charge in [0.25, 0.3) is 12.0 Å². The second-order valence-corrected chi connectivity index (χ2v) is 9.07. The molecule has 1 fully saturated rings. The number of H-pyrrole nitrogens is 1. The minimum absolute atomic E-state index is 0.128. The Balaban J connectivity index is 1.28. The quantitative estimate of drug-likeness (QED) is 0.0657. The van der Waals surface area contributed by atoms with E-state index >= 15 is 0 Å². The molecule has 1 aliphatic rings. The molecule has 4 aromatic rings. The van der Waals surface area contributed by atoms with Gasteiger partial charge in [0.15, 0.2) is 47.5 Å². The first kappa shape index (κ1) is 29.1. The molecule has 222 valence electrons. The Morgan fingerprint density at radius 3 is 2.63 bits per heavy atom. The average molecular weight is 598 g/mol. The number of nitrogens with one attached hydrogen (secondary N) is 1. The predicted octanol–water partition coefficient (Wildman–Crippen LogP) is -3.31. The van der Waals surface area contributed by atoms with E-state index in [1.54, 1.807) is 9.47 Å². The molecule has 9 unspecified atom stereocenters. The molecule has 5 rings (SSSR count). The van der Waals surface area contributed by atoms with Crippen molar-refractivity contribution in [1.29, 1.82) is 0 Å². The third-order valence-electron chi connectivity index (χ3n) is 6.37. The van der Waals surface area contributed by atoms with Crippen molar-refractivity contribution in [2.24, 2.45) is 0 Å². The summed E-state index contributed by atoms with van der Waals surface area (Å²) in [6.07, 6.45) is -5.69. The highest BCUT2D eigenvalue weighted by Crippen LogP contribution is 2.34. The first-order valence-corrected chi connectivity index (χ1v) is 12.3. The lowest BCUT2D eigenvalue weighted by Crippen LogP contribution is -2.42. The lowest BCUT2D eigenvalue weighted by Gasteiger charge is -2.29. The van der Waals surface area contributed by atoms with Crippen molar-refractivity contribution in [3.8, 4) is 0 Å². The van der Waals surface area contributed by atoms with Gasteiger partial charge in [-0.05, 0) is 0 Å². The van der Waals surface area contributed by atoms with Crippen molar-refractivity contribution < 1.29 is 43.9 Å². The van der Waals surface area contributed by atoms with E-state index in [2.05, 4.69) is 29.9 Å². The van der Waals surface area contributed by atoms with Crippen LogP contribution in [0, 0.1) is 0 Å². The van der Waals surface area contributed by atoms with Crippen molar-refractivity contribution in [1.82, 2.24) is 39.0 Å². The number of hydrogen-bond donors (Lipinski definition) is 7. The zero-order valence-electron chi connectivity index (χ0n) is 21.2. The van der Waals surface area contributed by atoms with Gasteiger partial charge in [0.1, 0.15) is 30.2 Å². The molecule has 0 aromatic carbocycles. The van der Waals surface area contributed by atoms with Crippen molar-refractivity contribution >= 4 is 43.6 Å². The highest BCUT2D eigenvalue weighted by Gasteiger charge is 2.46. The number of nitrogen functional groups attached to an aromatic ring is 2. The number of imidazole rings is 2. The van der Waals surface area contributed by atoms with E-state index in [9.17, 15) is 25.2 Å². The fourth-order valence-corrected chi connectivity index (χ4v) is 4.55. The predicted molar refractivity (Wildman–Crippen MR) is 138 cm³/mol. The summed E-state index contributed by atoms with van der Waals surface area (Å²) in [6.45, 7) is -2.50. The van der Waals surface area contributed by atoms with Crippen molar-refractivity contribution in [2.45, 2.75) is 49.6 Å². The van der Waals surface area contributed by atoms with E-state index in [4.69, 9.17) is 34.9 Å². The second kappa shape index (κ2) is 11.8. The summed E-state index contributed by atoms with van der Waals surface area (Å²) in [5.74, 6) is -0.0907. The highest BCUT2D eigenvalue weighted by atomic mass is 31.0. The smallest absolute Gasteiger partial charge is 0.280 e. The summed E-state index contributed by atoms with van der Waals surface area (Å²) < 4.78 is 29.2. The van der Waals surface area contributed by atoms with E-state index in [0.717, 1.165) is 10.9 Å². The Bertz CT molecular complexity index is 1570. The maximum Gasteiger partial charge on any atom is 0.280 e. The molecule has 4 aromatic heterocycles. The van der Waals surface area contributed by atoms with Crippen LogP contribution in [0.5, 0.6) is 0 Å². The van der Waals surface area contributed by atoms with E-state index < -0.39 is 61.8 Å². The van der Waals surface area contributed by atoms with E-state index in [0.29, 0.717) is 11.2 Å². The topological polar surface area (TPSA) is 286 Å². The lowest BCUT2D eigenvalue weighted by atomic mass is 10.1.